The first-order valence-corrected chi connectivity index (χ1v) is 11.7. The Morgan fingerprint density at radius 2 is 1.55 bits per heavy atom. The minimum atomic E-state index is -1.42. The number of hydrogen-bond donors (Lipinski definition) is 0. The van der Waals surface area contributed by atoms with Gasteiger partial charge in [0.1, 0.15) is 0 Å². The van der Waals surface area contributed by atoms with Crippen molar-refractivity contribution in [3.05, 3.63) is 0 Å². The monoisotopic (exact) mass is 334 g/mol. The van der Waals surface area contributed by atoms with Crippen LogP contribution in [-0.4, -0.2) is 54.6 Å². The fraction of sp³-hybridized carbons (Fsp3) is 1.00. The average molecular weight is 335 g/mol. The number of hydrogen-bond acceptors (Lipinski definition) is 4. The molecule has 0 saturated carbocycles. The van der Waals surface area contributed by atoms with Gasteiger partial charge in [0.05, 0.1) is 25.9 Å². The first-order valence-electron chi connectivity index (χ1n) is 8.59. The summed E-state index contributed by atoms with van der Waals surface area (Å²) in [7, 11) is 0.406. The Morgan fingerprint density at radius 1 is 0.864 bits per heavy atom. The van der Waals surface area contributed by atoms with E-state index in [0.717, 1.165) is 13.2 Å². The topological polar surface area (TPSA) is 36.9 Å². The second kappa shape index (κ2) is 12.5. The van der Waals surface area contributed by atoms with Crippen LogP contribution in [0.15, 0.2) is 0 Å². The van der Waals surface area contributed by atoms with E-state index >= 15 is 0 Å². The van der Waals surface area contributed by atoms with E-state index in [4.69, 9.17) is 18.6 Å². The van der Waals surface area contributed by atoms with Crippen LogP contribution in [0.5, 0.6) is 0 Å². The minimum absolute atomic E-state index is 0.133. The van der Waals surface area contributed by atoms with Gasteiger partial charge in [0.15, 0.2) is 8.32 Å². The molecule has 0 aromatic carbocycles. The molecule has 2 atom stereocenters. The van der Waals surface area contributed by atoms with Crippen molar-refractivity contribution in [2.75, 3.05) is 40.1 Å². The fourth-order valence-corrected chi connectivity index (χ4v) is 3.28. The maximum atomic E-state index is 5.70. The van der Waals surface area contributed by atoms with E-state index in [0.29, 0.717) is 31.7 Å². The molecule has 0 spiro atoms. The van der Waals surface area contributed by atoms with E-state index in [1.165, 1.54) is 12.5 Å². The second-order valence-electron chi connectivity index (χ2n) is 7.30. The molecule has 4 nitrogen and oxygen atoms in total. The van der Waals surface area contributed by atoms with Gasteiger partial charge in [-0.2, -0.15) is 0 Å². The van der Waals surface area contributed by atoms with Crippen LogP contribution >= 0.6 is 0 Å². The van der Waals surface area contributed by atoms with Gasteiger partial charge in [-0.15, -0.1) is 0 Å². The molecule has 0 N–H and O–H groups in total. The van der Waals surface area contributed by atoms with Crippen molar-refractivity contribution in [1.82, 2.24) is 0 Å². The summed E-state index contributed by atoms with van der Waals surface area (Å²) < 4.78 is 22.5. The lowest BCUT2D eigenvalue weighted by molar-refractivity contribution is -0.0367. The van der Waals surface area contributed by atoms with Crippen LogP contribution in [0.4, 0.5) is 0 Å². The minimum Gasteiger partial charge on any atom is -0.420 e. The van der Waals surface area contributed by atoms with E-state index in [1.54, 1.807) is 0 Å². The molecule has 0 aliphatic rings. The molecule has 0 aromatic heterocycles. The van der Waals surface area contributed by atoms with Crippen molar-refractivity contribution in [2.45, 2.75) is 59.4 Å². The quantitative estimate of drug-likeness (QED) is 0.356. The smallest absolute Gasteiger partial charge is 0.186 e. The molecular weight excluding hydrogens is 296 g/mol. The molecule has 0 aliphatic heterocycles. The average Bonchev–Trinajstić information content (AvgIpc) is 2.44. The zero-order valence-electron chi connectivity index (χ0n) is 15.8. The van der Waals surface area contributed by atoms with Gasteiger partial charge in [0, 0.05) is 20.3 Å². The summed E-state index contributed by atoms with van der Waals surface area (Å²) in [5.74, 6) is 1.15. The molecule has 0 radical (unpaired) electrons. The highest BCUT2D eigenvalue weighted by Crippen LogP contribution is 2.17. The summed E-state index contributed by atoms with van der Waals surface area (Å²) in [5.41, 5.74) is 0. The SMILES string of the molecule is CO[Si](C)(C)CCC(C)COCCOC(C)COCC(C)C. The van der Waals surface area contributed by atoms with Gasteiger partial charge in [-0.25, -0.2) is 0 Å². The van der Waals surface area contributed by atoms with E-state index in [2.05, 4.69) is 33.9 Å². The molecule has 0 saturated heterocycles. The van der Waals surface area contributed by atoms with Gasteiger partial charge in [-0.05, 0) is 44.3 Å². The van der Waals surface area contributed by atoms with Gasteiger partial charge < -0.3 is 18.6 Å². The van der Waals surface area contributed by atoms with Crippen LogP contribution in [0.25, 0.3) is 0 Å². The van der Waals surface area contributed by atoms with Gasteiger partial charge in [0.2, 0.25) is 0 Å². The zero-order chi connectivity index (χ0) is 17.0. The van der Waals surface area contributed by atoms with Gasteiger partial charge in [0.25, 0.3) is 0 Å². The molecule has 22 heavy (non-hydrogen) atoms. The first-order chi connectivity index (χ1) is 10.3. The van der Waals surface area contributed by atoms with Crippen molar-refractivity contribution < 1.29 is 18.6 Å². The van der Waals surface area contributed by atoms with Crippen molar-refractivity contribution >= 4 is 8.32 Å². The lowest BCUT2D eigenvalue weighted by Gasteiger charge is -2.22. The van der Waals surface area contributed by atoms with E-state index in [1.807, 2.05) is 14.0 Å². The standard InChI is InChI=1S/C17H38O4Si/c1-15(2)12-20-14-17(4)21-10-9-19-13-16(3)8-11-22(6,7)18-5/h15-17H,8-14H2,1-7H3. The molecule has 0 bridgehead atoms. The normalized spacial score (nSPS) is 15.3. The lowest BCUT2D eigenvalue weighted by Crippen LogP contribution is -2.29. The van der Waals surface area contributed by atoms with E-state index in [9.17, 15) is 0 Å². The maximum Gasteiger partial charge on any atom is 0.186 e. The number of ether oxygens (including phenoxy) is 3. The van der Waals surface area contributed by atoms with Crippen molar-refractivity contribution in [3.63, 3.8) is 0 Å². The summed E-state index contributed by atoms with van der Waals surface area (Å²) in [6.07, 6.45) is 1.31. The maximum absolute atomic E-state index is 5.70. The summed E-state index contributed by atoms with van der Waals surface area (Å²) in [5, 5.41) is 0. The summed E-state index contributed by atoms with van der Waals surface area (Å²) in [6, 6.07) is 1.19. The van der Waals surface area contributed by atoms with Crippen LogP contribution in [0.1, 0.15) is 34.1 Å². The van der Waals surface area contributed by atoms with Crippen LogP contribution in [0.2, 0.25) is 19.1 Å². The highest BCUT2D eigenvalue weighted by atomic mass is 28.4. The predicted octanol–water partition coefficient (Wildman–Crippen LogP) is 3.96. The number of rotatable bonds is 14. The third-order valence-electron chi connectivity index (χ3n) is 3.63. The van der Waals surface area contributed by atoms with E-state index in [-0.39, 0.29) is 6.10 Å². The second-order valence-corrected chi connectivity index (χ2v) is 11.7. The summed E-state index contributed by atoms with van der Waals surface area (Å²) in [6.45, 7) is 16.6. The zero-order valence-corrected chi connectivity index (χ0v) is 16.8. The Hall–Kier alpha value is 0.0569. The largest absolute Gasteiger partial charge is 0.420 e. The Balaban J connectivity index is 3.48. The predicted molar refractivity (Wildman–Crippen MR) is 95.0 cm³/mol. The fourth-order valence-electron chi connectivity index (χ4n) is 1.89. The van der Waals surface area contributed by atoms with Crippen molar-refractivity contribution in [3.8, 4) is 0 Å². The molecule has 0 aliphatic carbocycles. The summed E-state index contributed by atoms with van der Waals surface area (Å²) >= 11 is 0. The van der Waals surface area contributed by atoms with Crippen LogP contribution in [0, 0.1) is 11.8 Å². The Bertz CT molecular complexity index is 259. The molecule has 0 amide bonds. The van der Waals surface area contributed by atoms with Crippen LogP contribution in [-0.2, 0) is 18.6 Å². The molecule has 0 heterocycles. The molecule has 2 unspecified atom stereocenters. The highest BCUT2D eigenvalue weighted by molar-refractivity contribution is 6.71. The molecular formula is C17H38O4Si. The molecule has 0 rings (SSSR count). The summed E-state index contributed by atoms with van der Waals surface area (Å²) in [4.78, 5) is 0. The molecule has 134 valence electrons. The van der Waals surface area contributed by atoms with Crippen molar-refractivity contribution in [1.29, 1.82) is 0 Å². The van der Waals surface area contributed by atoms with Crippen LogP contribution in [0.3, 0.4) is 0 Å². The van der Waals surface area contributed by atoms with Crippen molar-refractivity contribution in [2.24, 2.45) is 11.8 Å². The van der Waals surface area contributed by atoms with Gasteiger partial charge >= 0.3 is 0 Å². The molecule has 0 fully saturated rings. The third kappa shape index (κ3) is 13.7. The van der Waals surface area contributed by atoms with Crippen LogP contribution < -0.4 is 0 Å². The highest BCUT2D eigenvalue weighted by Gasteiger charge is 2.21. The third-order valence-corrected chi connectivity index (χ3v) is 6.23. The Kier molecular flexibility index (Phi) is 12.5. The Labute approximate surface area is 139 Å². The van der Waals surface area contributed by atoms with Gasteiger partial charge in [-0.3, -0.25) is 0 Å². The van der Waals surface area contributed by atoms with E-state index < -0.39 is 8.32 Å². The van der Waals surface area contributed by atoms with Gasteiger partial charge in [-0.1, -0.05) is 20.8 Å². The molecule has 5 heteroatoms. The Morgan fingerprint density at radius 3 is 2.14 bits per heavy atom. The molecule has 0 aromatic rings. The lowest BCUT2D eigenvalue weighted by atomic mass is 10.1. The first kappa shape index (κ1) is 22.1.